The van der Waals surface area contributed by atoms with Crippen molar-refractivity contribution in [1.29, 1.82) is 5.41 Å². The minimum atomic E-state index is -1.41. The number of carboxylic acid groups (broad SMARTS) is 2. The molecule has 0 aromatic heterocycles. The molecule has 0 heterocycles. The normalized spacial score (nSPS) is 11.3. The largest absolute Gasteiger partial charge is 0.481 e. The van der Waals surface area contributed by atoms with Gasteiger partial charge in [-0.25, -0.2) is 4.79 Å². The van der Waals surface area contributed by atoms with Crippen molar-refractivity contribution >= 4 is 29.6 Å². The highest BCUT2D eigenvalue weighted by Gasteiger charge is 2.26. The van der Waals surface area contributed by atoms with E-state index >= 15 is 0 Å². The van der Waals surface area contributed by atoms with Gasteiger partial charge in [-0.2, -0.15) is 0 Å². The number of aryl methyl sites for hydroxylation is 1. The van der Waals surface area contributed by atoms with E-state index in [1.54, 1.807) is 36.4 Å². The van der Waals surface area contributed by atoms with Gasteiger partial charge in [0.2, 0.25) is 11.8 Å². The first-order chi connectivity index (χ1) is 17.2. The number of unbranched alkanes of at least 4 members (excludes halogenated alkanes) is 1. The summed E-state index contributed by atoms with van der Waals surface area (Å²) in [6.45, 7) is 0.0668. The molecule has 10 nitrogen and oxygen atoms in total. The lowest BCUT2D eigenvalue weighted by molar-refractivity contribution is -0.146. The predicted octanol–water partition coefficient (Wildman–Crippen LogP) is 2.15. The third kappa shape index (κ3) is 9.96. The van der Waals surface area contributed by atoms with E-state index in [0.29, 0.717) is 24.8 Å². The number of nitrogens with two attached hydrogens (primary N) is 1. The Morgan fingerprint density at radius 3 is 2.17 bits per heavy atom. The second-order valence-corrected chi connectivity index (χ2v) is 8.42. The second kappa shape index (κ2) is 14.2. The fourth-order valence-corrected chi connectivity index (χ4v) is 3.56. The lowest BCUT2D eigenvalue weighted by atomic mass is 10.0. The Kier molecular flexibility index (Phi) is 11.1. The summed E-state index contributed by atoms with van der Waals surface area (Å²) in [6.07, 6.45) is 1.29. The molecule has 0 saturated carbocycles. The molecule has 2 rings (SSSR count). The summed E-state index contributed by atoms with van der Waals surface area (Å²) in [5.74, 6) is -3.43. The summed E-state index contributed by atoms with van der Waals surface area (Å²) < 4.78 is 0. The lowest BCUT2D eigenvalue weighted by Crippen LogP contribution is -2.45. The molecule has 192 valence electrons. The molecule has 1 atom stereocenters. The van der Waals surface area contributed by atoms with Crippen LogP contribution in [0.3, 0.4) is 0 Å². The van der Waals surface area contributed by atoms with Gasteiger partial charge in [0.1, 0.15) is 11.9 Å². The van der Waals surface area contributed by atoms with Crippen molar-refractivity contribution in [2.75, 3.05) is 6.54 Å². The number of amidine groups is 1. The molecule has 0 bridgehead atoms. The number of carboxylic acids is 2. The first-order valence-electron chi connectivity index (χ1n) is 11.6. The van der Waals surface area contributed by atoms with E-state index in [4.69, 9.17) is 16.2 Å². The number of nitrogens with one attached hydrogen (secondary N) is 2. The maximum absolute atomic E-state index is 12.8. The number of hydrogen-bond acceptors (Lipinski definition) is 5. The SMILES string of the molecule is N=C(N)c1ccc(CCCCC(=O)N[C@@H](CC(=O)N(CCC(=O)O)Cc2ccccc2)C(=O)O)cc1. The summed E-state index contributed by atoms with van der Waals surface area (Å²) in [6, 6.07) is 14.8. The number of hydrogen-bond donors (Lipinski definition) is 5. The first kappa shape index (κ1) is 28.0. The van der Waals surface area contributed by atoms with Crippen LogP contribution in [0.1, 0.15) is 48.8 Å². The van der Waals surface area contributed by atoms with Crippen molar-refractivity contribution in [3.8, 4) is 0 Å². The van der Waals surface area contributed by atoms with E-state index in [1.165, 1.54) is 4.90 Å². The monoisotopic (exact) mass is 496 g/mol. The van der Waals surface area contributed by atoms with E-state index in [1.807, 2.05) is 18.2 Å². The van der Waals surface area contributed by atoms with Gasteiger partial charge in [0.25, 0.3) is 0 Å². The van der Waals surface area contributed by atoms with Crippen molar-refractivity contribution in [3.05, 3.63) is 71.3 Å². The van der Waals surface area contributed by atoms with Crippen LogP contribution in [0.4, 0.5) is 0 Å². The van der Waals surface area contributed by atoms with Gasteiger partial charge in [-0.05, 0) is 30.4 Å². The quantitative estimate of drug-likeness (QED) is 0.143. The average molecular weight is 497 g/mol. The number of benzene rings is 2. The summed E-state index contributed by atoms with van der Waals surface area (Å²) in [5, 5.41) is 28.4. The van der Waals surface area contributed by atoms with Crippen LogP contribution in [0.5, 0.6) is 0 Å². The third-order valence-electron chi connectivity index (χ3n) is 5.56. The lowest BCUT2D eigenvalue weighted by Gasteiger charge is -2.24. The van der Waals surface area contributed by atoms with Crippen LogP contribution in [0.15, 0.2) is 54.6 Å². The Hall–Kier alpha value is -4.21. The van der Waals surface area contributed by atoms with E-state index in [9.17, 15) is 24.3 Å². The zero-order valence-corrected chi connectivity index (χ0v) is 20.0. The molecule has 6 N–H and O–H groups in total. The molecule has 2 aromatic rings. The molecule has 0 fully saturated rings. The molecule has 2 aromatic carbocycles. The highest BCUT2D eigenvalue weighted by Crippen LogP contribution is 2.11. The average Bonchev–Trinajstić information content (AvgIpc) is 2.84. The standard InChI is InChI=1S/C26H32N4O6/c27-25(28)20-12-10-18(11-13-20)6-4-5-9-22(31)29-21(26(35)36)16-23(32)30(15-14-24(33)34)17-19-7-2-1-3-8-19/h1-3,7-8,10-13,21H,4-6,9,14-17H2,(H3,27,28)(H,29,31)(H,33,34)(H,35,36)/t21-/m0/s1. The molecule has 0 saturated heterocycles. The van der Waals surface area contributed by atoms with Gasteiger partial charge >= 0.3 is 11.9 Å². The van der Waals surface area contributed by atoms with E-state index in [0.717, 1.165) is 11.1 Å². The van der Waals surface area contributed by atoms with Crippen LogP contribution in [0.2, 0.25) is 0 Å². The fraction of sp³-hybridized carbons (Fsp3) is 0.346. The zero-order valence-electron chi connectivity index (χ0n) is 20.0. The highest BCUT2D eigenvalue weighted by atomic mass is 16.4. The molecule has 0 aliphatic rings. The van der Waals surface area contributed by atoms with Gasteiger partial charge in [-0.3, -0.25) is 19.8 Å². The number of carbonyl (C=O) groups is 4. The molecule has 10 heteroatoms. The summed E-state index contributed by atoms with van der Waals surface area (Å²) in [5.41, 5.74) is 7.89. The van der Waals surface area contributed by atoms with Crippen molar-refractivity contribution < 1.29 is 29.4 Å². The fourth-order valence-electron chi connectivity index (χ4n) is 3.56. The highest BCUT2D eigenvalue weighted by molar-refractivity contribution is 5.94. The molecule has 0 unspecified atom stereocenters. The Bertz CT molecular complexity index is 1060. The molecule has 0 aliphatic heterocycles. The third-order valence-corrected chi connectivity index (χ3v) is 5.56. The van der Waals surface area contributed by atoms with Crippen molar-refractivity contribution in [1.82, 2.24) is 10.2 Å². The molecule has 0 radical (unpaired) electrons. The molecular weight excluding hydrogens is 464 g/mol. The topological polar surface area (TPSA) is 174 Å². The summed E-state index contributed by atoms with van der Waals surface area (Å²) in [7, 11) is 0. The number of nitrogen functional groups attached to an aromatic ring is 1. The zero-order chi connectivity index (χ0) is 26.5. The van der Waals surface area contributed by atoms with Gasteiger partial charge in [-0.1, -0.05) is 54.6 Å². The number of amides is 2. The van der Waals surface area contributed by atoms with Gasteiger partial charge in [0.05, 0.1) is 12.8 Å². The van der Waals surface area contributed by atoms with E-state index in [-0.39, 0.29) is 31.8 Å². The predicted molar refractivity (Wildman–Crippen MR) is 133 cm³/mol. The number of nitrogens with zero attached hydrogens (tertiary/aromatic N) is 1. The Morgan fingerprint density at radius 2 is 1.58 bits per heavy atom. The van der Waals surface area contributed by atoms with E-state index in [2.05, 4.69) is 5.32 Å². The first-order valence-corrected chi connectivity index (χ1v) is 11.6. The summed E-state index contributed by atoms with van der Waals surface area (Å²) >= 11 is 0. The molecular formula is C26H32N4O6. The Morgan fingerprint density at radius 1 is 0.917 bits per heavy atom. The van der Waals surface area contributed by atoms with Gasteiger partial charge < -0.3 is 26.2 Å². The Balaban J connectivity index is 1.86. The molecule has 0 aliphatic carbocycles. The van der Waals surface area contributed by atoms with Crippen LogP contribution < -0.4 is 11.1 Å². The van der Waals surface area contributed by atoms with E-state index < -0.39 is 36.2 Å². The van der Waals surface area contributed by atoms with Gasteiger partial charge in [0.15, 0.2) is 0 Å². The smallest absolute Gasteiger partial charge is 0.326 e. The molecule has 36 heavy (non-hydrogen) atoms. The van der Waals surface area contributed by atoms with Gasteiger partial charge in [-0.15, -0.1) is 0 Å². The van der Waals surface area contributed by atoms with Crippen LogP contribution >= 0.6 is 0 Å². The Labute approximate surface area is 209 Å². The summed E-state index contributed by atoms with van der Waals surface area (Å²) in [4.78, 5) is 49.2. The number of carbonyl (C=O) groups excluding carboxylic acids is 2. The second-order valence-electron chi connectivity index (χ2n) is 8.42. The van der Waals surface area contributed by atoms with Crippen LogP contribution in [-0.2, 0) is 32.1 Å². The maximum Gasteiger partial charge on any atom is 0.326 e. The minimum Gasteiger partial charge on any atom is -0.481 e. The molecule has 2 amide bonds. The van der Waals surface area contributed by atoms with Crippen LogP contribution in [-0.4, -0.2) is 57.3 Å². The van der Waals surface area contributed by atoms with Crippen molar-refractivity contribution in [2.24, 2.45) is 5.73 Å². The minimum absolute atomic E-state index is 0.00485. The molecule has 0 spiro atoms. The van der Waals surface area contributed by atoms with Crippen LogP contribution in [0, 0.1) is 5.41 Å². The van der Waals surface area contributed by atoms with Gasteiger partial charge in [0, 0.05) is 25.1 Å². The van der Waals surface area contributed by atoms with Crippen LogP contribution in [0.25, 0.3) is 0 Å². The number of aliphatic carboxylic acids is 2. The van der Waals surface area contributed by atoms with Crippen molar-refractivity contribution in [2.45, 2.75) is 51.1 Å². The maximum atomic E-state index is 12.8. The van der Waals surface area contributed by atoms with Crippen molar-refractivity contribution in [3.63, 3.8) is 0 Å². The number of rotatable bonds is 15.